The Hall–Kier alpha value is -1.51. The normalized spacial score (nSPS) is 8.54. The Labute approximate surface area is 78.7 Å². The van der Waals surface area contributed by atoms with E-state index in [1.54, 1.807) is 12.1 Å². The minimum absolute atomic E-state index is 0.394. The Kier molecular flexibility index (Phi) is 4.59. The first kappa shape index (κ1) is 11.5. The highest BCUT2D eigenvalue weighted by atomic mass is 16.1. The van der Waals surface area contributed by atoms with Crippen LogP contribution in [0.1, 0.15) is 29.8 Å². The van der Waals surface area contributed by atoms with Crippen LogP contribution in [0.4, 0.5) is 5.69 Å². The molecule has 0 fully saturated rings. The number of carbonyl (C=O) groups is 1. The van der Waals surface area contributed by atoms with Gasteiger partial charge in [0.25, 0.3) is 5.91 Å². The van der Waals surface area contributed by atoms with Gasteiger partial charge in [-0.1, -0.05) is 25.5 Å². The molecular weight excluding hydrogens is 164 g/mol. The Morgan fingerprint density at radius 3 is 2.23 bits per heavy atom. The number of amides is 1. The lowest BCUT2D eigenvalue weighted by Crippen LogP contribution is -2.13. The Morgan fingerprint density at radius 2 is 1.85 bits per heavy atom. The van der Waals surface area contributed by atoms with Crippen LogP contribution in [0.25, 0.3) is 0 Å². The maximum Gasteiger partial charge on any atom is 0.250 e. The van der Waals surface area contributed by atoms with Crippen LogP contribution in [0, 0.1) is 6.92 Å². The number of rotatable bonds is 1. The molecule has 0 bridgehead atoms. The fourth-order valence-electron chi connectivity index (χ4n) is 0.884. The number of nitrogens with two attached hydrogens (primary N) is 2. The second kappa shape index (κ2) is 5.19. The van der Waals surface area contributed by atoms with E-state index in [0.29, 0.717) is 11.3 Å². The molecule has 0 heterocycles. The maximum absolute atomic E-state index is 10.7. The third-order valence-corrected chi connectivity index (χ3v) is 1.47. The highest BCUT2D eigenvalue weighted by Gasteiger charge is 2.03. The summed E-state index contributed by atoms with van der Waals surface area (Å²) in [6, 6.07) is 5.19. The molecule has 1 rings (SSSR count). The molecule has 13 heavy (non-hydrogen) atoms. The van der Waals surface area contributed by atoms with Crippen molar-refractivity contribution in [2.45, 2.75) is 20.8 Å². The molecule has 3 nitrogen and oxygen atoms in total. The van der Waals surface area contributed by atoms with E-state index >= 15 is 0 Å². The minimum Gasteiger partial charge on any atom is -0.398 e. The van der Waals surface area contributed by atoms with Gasteiger partial charge in [-0.15, -0.1) is 0 Å². The molecule has 0 atom stereocenters. The molecule has 0 saturated heterocycles. The molecule has 0 unspecified atom stereocenters. The minimum atomic E-state index is -0.480. The second-order valence-electron chi connectivity index (χ2n) is 2.45. The van der Waals surface area contributed by atoms with Crippen LogP contribution in [0.5, 0.6) is 0 Å². The van der Waals surface area contributed by atoms with Gasteiger partial charge in [0.1, 0.15) is 0 Å². The third kappa shape index (κ3) is 3.15. The molecule has 0 aliphatic heterocycles. The number of hydrogen-bond acceptors (Lipinski definition) is 2. The molecule has 0 saturated carbocycles. The van der Waals surface area contributed by atoms with Gasteiger partial charge in [0.2, 0.25) is 0 Å². The lowest BCUT2D eigenvalue weighted by atomic mass is 10.1. The zero-order chi connectivity index (χ0) is 10.4. The molecule has 4 N–H and O–H groups in total. The molecule has 1 amide bonds. The summed E-state index contributed by atoms with van der Waals surface area (Å²) in [6.45, 7) is 5.88. The smallest absolute Gasteiger partial charge is 0.250 e. The number of carbonyl (C=O) groups excluding carboxylic acids is 1. The van der Waals surface area contributed by atoms with Gasteiger partial charge in [-0.2, -0.15) is 0 Å². The van der Waals surface area contributed by atoms with Gasteiger partial charge in [0, 0.05) is 5.69 Å². The maximum atomic E-state index is 10.7. The van der Waals surface area contributed by atoms with Gasteiger partial charge in [-0.05, 0) is 19.1 Å². The Morgan fingerprint density at radius 1 is 1.31 bits per heavy atom. The van der Waals surface area contributed by atoms with Crippen molar-refractivity contribution in [3.63, 3.8) is 0 Å². The molecule has 0 spiro atoms. The van der Waals surface area contributed by atoms with Crippen molar-refractivity contribution in [2.24, 2.45) is 5.73 Å². The van der Waals surface area contributed by atoms with Gasteiger partial charge < -0.3 is 11.5 Å². The predicted molar refractivity (Wildman–Crippen MR) is 55.5 cm³/mol. The van der Waals surface area contributed by atoms with Gasteiger partial charge >= 0.3 is 0 Å². The van der Waals surface area contributed by atoms with Crippen molar-refractivity contribution in [2.75, 3.05) is 5.73 Å². The highest BCUT2D eigenvalue weighted by Crippen LogP contribution is 2.12. The summed E-state index contributed by atoms with van der Waals surface area (Å²) in [6.07, 6.45) is 0. The number of anilines is 1. The van der Waals surface area contributed by atoms with Crippen LogP contribution < -0.4 is 11.5 Å². The fraction of sp³-hybridized carbons (Fsp3) is 0.300. The first-order valence-corrected chi connectivity index (χ1v) is 4.27. The molecular formula is C10H16N2O. The summed E-state index contributed by atoms with van der Waals surface area (Å²) in [7, 11) is 0. The van der Waals surface area contributed by atoms with E-state index in [1.807, 2.05) is 26.8 Å². The lowest BCUT2D eigenvalue weighted by molar-refractivity contribution is 0.100. The summed E-state index contributed by atoms with van der Waals surface area (Å²) >= 11 is 0. The lowest BCUT2D eigenvalue weighted by Gasteiger charge is -2.01. The van der Waals surface area contributed by atoms with Crippen molar-refractivity contribution >= 4 is 11.6 Å². The van der Waals surface area contributed by atoms with Gasteiger partial charge in [-0.3, -0.25) is 4.79 Å². The van der Waals surface area contributed by atoms with E-state index < -0.39 is 5.91 Å². The number of benzene rings is 1. The molecule has 0 radical (unpaired) electrons. The van der Waals surface area contributed by atoms with Crippen LogP contribution in [0.3, 0.4) is 0 Å². The van der Waals surface area contributed by atoms with E-state index in [0.717, 1.165) is 5.56 Å². The summed E-state index contributed by atoms with van der Waals surface area (Å²) in [5.41, 5.74) is 12.4. The topological polar surface area (TPSA) is 69.1 Å². The van der Waals surface area contributed by atoms with Crippen LogP contribution in [0.15, 0.2) is 18.2 Å². The first-order valence-electron chi connectivity index (χ1n) is 4.27. The van der Waals surface area contributed by atoms with Crippen molar-refractivity contribution in [3.8, 4) is 0 Å². The first-order chi connectivity index (χ1) is 6.11. The molecule has 72 valence electrons. The summed E-state index contributed by atoms with van der Waals surface area (Å²) in [4.78, 5) is 10.7. The Bertz CT molecular complexity index is 295. The predicted octanol–water partition coefficient (Wildman–Crippen LogP) is 1.70. The number of hydrogen-bond donors (Lipinski definition) is 2. The van der Waals surface area contributed by atoms with Crippen LogP contribution in [-0.4, -0.2) is 5.91 Å². The average molecular weight is 180 g/mol. The number of aryl methyl sites for hydroxylation is 1. The summed E-state index contributed by atoms with van der Waals surface area (Å²) in [5.74, 6) is -0.480. The van der Waals surface area contributed by atoms with Crippen molar-refractivity contribution in [1.82, 2.24) is 0 Å². The average Bonchev–Trinajstić information content (AvgIpc) is 2.12. The fourth-order valence-corrected chi connectivity index (χ4v) is 0.884. The quantitative estimate of drug-likeness (QED) is 0.646. The molecule has 0 aliphatic rings. The molecule has 3 heteroatoms. The highest BCUT2D eigenvalue weighted by molar-refractivity contribution is 5.98. The van der Waals surface area contributed by atoms with Crippen molar-refractivity contribution in [1.29, 1.82) is 0 Å². The van der Waals surface area contributed by atoms with E-state index in [9.17, 15) is 4.79 Å². The number of nitrogen functional groups attached to an aromatic ring is 1. The van der Waals surface area contributed by atoms with Gasteiger partial charge in [0.05, 0.1) is 5.56 Å². The molecule has 1 aromatic rings. The molecule has 0 aliphatic carbocycles. The van der Waals surface area contributed by atoms with Crippen LogP contribution in [-0.2, 0) is 0 Å². The third-order valence-electron chi connectivity index (χ3n) is 1.47. The van der Waals surface area contributed by atoms with Gasteiger partial charge in [-0.25, -0.2) is 0 Å². The monoisotopic (exact) mass is 180 g/mol. The molecule has 1 aromatic carbocycles. The Balaban J connectivity index is 0.000000671. The van der Waals surface area contributed by atoms with Crippen molar-refractivity contribution in [3.05, 3.63) is 29.3 Å². The van der Waals surface area contributed by atoms with E-state index in [2.05, 4.69) is 0 Å². The number of primary amides is 1. The standard InChI is InChI=1S/C8H10N2O.C2H6/c1-5-2-3-7(9)6(4-5)8(10)11;1-2/h2-4H,9H2,1H3,(H2,10,11);1-2H3. The zero-order valence-electron chi connectivity index (χ0n) is 8.29. The second-order valence-corrected chi connectivity index (χ2v) is 2.45. The summed E-state index contributed by atoms with van der Waals surface area (Å²) < 4.78 is 0. The van der Waals surface area contributed by atoms with E-state index in [4.69, 9.17) is 11.5 Å². The largest absolute Gasteiger partial charge is 0.398 e. The summed E-state index contributed by atoms with van der Waals surface area (Å²) in [5, 5.41) is 0. The zero-order valence-corrected chi connectivity index (χ0v) is 8.29. The van der Waals surface area contributed by atoms with E-state index in [1.165, 1.54) is 0 Å². The molecule has 0 aromatic heterocycles. The SMILES string of the molecule is CC.Cc1ccc(N)c(C(N)=O)c1. The van der Waals surface area contributed by atoms with Crippen molar-refractivity contribution < 1.29 is 4.79 Å². The van der Waals surface area contributed by atoms with Crippen LogP contribution in [0.2, 0.25) is 0 Å². The van der Waals surface area contributed by atoms with Gasteiger partial charge in [0.15, 0.2) is 0 Å². The van der Waals surface area contributed by atoms with Crippen LogP contribution >= 0.6 is 0 Å². The van der Waals surface area contributed by atoms with E-state index in [-0.39, 0.29) is 0 Å².